The summed E-state index contributed by atoms with van der Waals surface area (Å²) in [5.41, 5.74) is 2.35. The molecule has 2 N–H and O–H groups in total. The second-order valence-electron chi connectivity index (χ2n) is 7.29. The van der Waals surface area contributed by atoms with Crippen LogP contribution in [-0.4, -0.2) is 21.8 Å². The van der Waals surface area contributed by atoms with Crippen LogP contribution in [0.2, 0.25) is 5.02 Å². The Balaban J connectivity index is 1.67. The summed E-state index contributed by atoms with van der Waals surface area (Å²) in [5, 5.41) is 4.82. The van der Waals surface area contributed by atoms with Gasteiger partial charge in [0.15, 0.2) is 0 Å². The molecule has 140 valence electrons. The van der Waals surface area contributed by atoms with E-state index in [1.54, 1.807) is 6.92 Å². The molecule has 1 heterocycles. The molecule has 3 aromatic rings. The maximum atomic E-state index is 12.7. The molecule has 2 atom stereocenters. The van der Waals surface area contributed by atoms with E-state index in [0.29, 0.717) is 18.0 Å². The van der Waals surface area contributed by atoms with Crippen LogP contribution in [0.15, 0.2) is 54.7 Å². The Hall–Kier alpha value is -1.68. The number of para-hydroxylation sites is 1. The summed E-state index contributed by atoms with van der Waals surface area (Å²) in [7, 11) is 0. The molecule has 1 fully saturated rings. The van der Waals surface area contributed by atoms with Crippen LogP contribution in [0.3, 0.4) is 0 Å². The highest BCUT2D eigenvalue weighted by atomic mass is 35.5. The number of aromatic nitrogens is 1. The van der Waals surface area contributed by atoms with E-state index in [0.717, 1.165) is 22.0 Å². The number of nitrogens with one attached hydrogen (secondary N) is 2. The van der Waals surface area contributed by atoms with Crippen molar-refractivity contribution in [2.24, 2.45) is 5.41 Å². The van der Waals surface area contributed by atoms with Gasteiger partial charge in [0.1, 0.15) is 4.33 Å². The molecule has 4 rings (SSSR count). The lowest BCUT2D eigenvalue weighted by Gasteiger charge is -2.21. The molecular weight excluding hydrogens is 403 g/mol. The highest BCUT2D eigenvalue weighted by Gasteiger charge is 2.67. The van der Waals surface area contributed by atoms with Crippen molar-refractivity contribution in [1.29, 1.82) is 0 Å². The van der Waals surface area contributed by atoms with Crippen molar-refractivity contribution in [2.45, 2.75) is 23.6 Å². The van der Waals surface area contributed by atoms with Crippen LogP contribution in [0.4, 0.5) is 0 Å². The van der Waals surface area contributed by atoms with Gasteiger partial charge >= 0.3 is 0 Å². The molecule has 1 amide bonds. The van der Waals surface area contributed by atoms with Gasteiger partial charge in [-0.05, 0) is 36.6 Å². The van der Waals surface area contributed by atoms with Crippen LogP contribution in [0.5, 0.6) is 0 Å². The quantitative estimate of drug-likeness (QED) is 0.513. The van der Waals surface area contributed by atoms with Gasteiger partial charge in [-0.25, -0.2) is 0 Å². The van der Waals surface area contributed by atoms with Crippen molar-refractivity contribution in [2.75, 3.05) is 6.54 Å². The molecule has 1 aliphatic rings. The molecule has 2 aromatic carbocycles. The van der Waals surface area contributed by atoms with E-state index in [1.165, 1.54) is 0 Å². The Morgan fingerprint density at radius 3 is 2.52 bits per heavy atom. The summed E-state index contributed by atoms with van der Waals surface area (Å²) in [6.07, 6.45) is 2.44. The molecule has 0 aliphatic heterocycles. The summed E-state index contributed by atoms with van der Waals surface area (Å²) in [6, 6.07) is 15.8. The maximum absolute atomic E-state index is 12.7. The third kappa shape index (κ3) is 3.22. The highest BCUT2D eigenvalue weighted by Crippen LogP contribution is 2.63. The zero-order valence-electron chi connectivity index (χ0n) is 14.7. The molecule has 6 heteroatoms. The van der Waals surface area contributed by atoms with E-state index >= 15 is 0 Å². The smallest absolute Gasteiger partial charge is 0.229 e. The van der Waals surface area contributed by atoms with E-state index in [9.17, 15) is 4.79 Å². The van der Waals surface area contributed by atoms with Gasteiger partial charge in [0.25, 0.3) is 0 Å². The van der Waals surface area contributed by atoms with Crippen molar-refractivity contribution in [3.63, 3.8) is 0 Å². The third-order valence-electron chi connectivity index (χ3n) is 5.50. The number of amides is 1. The van der Waals surface area contributed by atoms with Crippen LogP contribution in [0.25, 0.3) is 10.9 Å². The minimum atomic E-state index is -0.988. The Morgan fingerprint density at radius 1 is 1.15 bits per heavy atom. The standard InChI is InChI=1S/C21H19Cl3N2O/c1-20(12-21(20,23)24)19(27)26-11-15(13-6-2-4-8-17(13)22)16-10-25-18-9-5-3-7-14(16)18/h2-10,15,25H,11-12H2,1H3,(H,26,27)/t15-,20+/m1/s1. The monoisotopic (exact) mass is 420 g/mol. The number of hydrogen-bond acceptors (Lipinski definition) is 1. The van der Waals surface area contributed by atoms with Crippen LogP contribution < -0.4 is 5.32 Å². The predicted octanol–water partition coefficient (Wildman–Crippen LogP) is 5.65. The van der Waals surface area contributed by atoms with E-state index in [2.05, 4.69) is 16.4 Å². The zero-order valence-corrected chi connectivity index (χ0v) is 17.0. The number of carbonyl (C=O) groups is 1. The highest BCUT2D eigenvalue weighted by molar-refractivity contribution is 6.53. The van der Waals surface area contributed by atoms with E-state index in [4.69, 9.17) is 34.8 Å². The number of H-pyrrole nitrogens is 1. The van der Waals surface area contributed by atoms with Crippen molar-refractivity contribution in [3.8, 4) is 0 Å². The van der Waals surface area contributed by atoms with Gasteiger partial charge < -0.3 is 10.3 Å². The second-order valence-corrected chi connectivity index (χ2v) is 9.18. The number of halogens is 3. The SMILES string of the molecule is C[C@@]1(C(=O)NC[C@H](c2ccccc2Cl)c2c[nH]c3ccccc23)CC1(Cl)Cl. The molecule has 0 bridgehead atoms. The summed E-state index contributed by atoms with van der Waals surface area (Å²) >= 11 is 18.8. The Kier molecular flexibility index (Phi) is 4.66. The topological polar surface area (TPSA) is 44.9 Å². The van der Waals surface area contributed by atoms with E-state index in [1.807, 2.05) is 48.7 Å². The Bertz CT molecular complexity index is 1010. The number of carbonyl (C=O) groups excluding carboxylic acids is 1. The predicted molar refractivity (Wildman–Crippen MR) is 112 cm³/mol. The minimum absolute atomic E-state index is 0.0961. The molecule has 1 aliphatic carbocycles. The Labute approximate surface area is 173 Å². The number of benzene rings is 2. The molecule has 0 saturated heterocycles. The average molecular weight is 422 g/mol. The maximum Gasteiger partial charge on any atom is 0.229 e. The van der Waals surface area contributed by atoms with Gasteiger partial charge in [-0.3, -0.25) is 4.79 Å². The lowest BCUT2D eigenvalue weighted by atomic mass is 9.90. The molecule has 27 heavy (non-hydrogen) atoms. The second kappa shape index (κ2) is 6.73. The number of alkyl halides is 2. The van der Waals surface area contributed by atoms with Gasteiger partial charge in [-0.1, -0.05) is 48.0 Å². The summed E-state index contributed by atoms with van der Waals surface area (Å²) in [4.78, 5) is 16.0. The number of aromatic amines is 1. The average Bonchev–Trinajstić information content (AvgIpc) is 2.99. The molecule has 0 radical (unpaired) electrons. The fraction of sp³-hybridized carbons (Fsp3) is 0.286. The fourth-order valence-electron chi connectivity index (χ4n) is 3.56. The molecule has 0 spiro atoms. The van der Waals surface area contributed by atoms with Crippen LogP contribution in [0, 0.1) is 5.41 Å². The third-order valence-corrected chi connectivity index (χ3v) is 6.95. The van der Waals surface area contributed by atoms with Crippen molar-refractivity contribution in [1.82, 2.24) is 10.3 Å². The number of fused-ring (bicyclic) bond motifs is 1. The van der Waals surface area contributed by atoms with Gasteiger partial charge in [-0.2, -0.15) is 0 Å². The molecular formula is C21H19Cl3N2O. The van der Waals surface area contributed by atoms with Crippen LogP contribution in [-0.2, 0) is 4.79 Å². The first-order chi connectivity index (χ1) is 12.8. The van der Waals surface area contributed by atoms with Crippen LogP contribution in [0.1, 0.15) is 30.4 Å². The zero-order chi connectivity index (χ0) is 19.2. The first-order valence-corrected chi connectivity index (χ1v) is 9.93. The largest absolute Gasteiger partial charge is 0.361 e. The lowest BCUT2D eigenvalue weighted by Crippen LogP contribution is -2.36. The molecule has 3 nitrogen and oxygen atoms in total. The normalized spacial score (nSPS) is 21.8. The summed E-state index contributed by atoms with van der Waals surface area (Å²) in [6.45, 7) is 2.20. The lowest BCUT2D eigenvalue weighted by molar-refractivity contribution is -0.125. The number of hydrogen-bond donors (Lipinski definition) is 2. The first-order valence-electron chi connectivity index (χ1n) is 8.80. The number of rotatable bonds is 5. The summed E-state index contributed by atoms with van der Waals surface area (Å²) in [5.74, 6) is -0.231. The van der Waals surface area contributed by atoms with Crippen molar-refractivity contribution >= 4 is 51.6 Å². The molecule has 1 aromatic heterocycles. The molecule has 0 unspecified atom stereocenters. The van der Waals surface area contributed by atoms with Gasteiger partial charge in [0, 0.05) is 34.6 Å². The van der Waals surface area contributed by atoms with Crippen molar-refractivity contribution < 1.29 is 4.79 Å². The summed E-state index contributed by atoms with van der Waals surface area (Å²) < 4.78 is -0.988. The van der Waals surface area contributed by atoms with Crippen LogP contribution >= 0.6 is 34.8 Å². The van der Waals surface area contributed by atoms with Gasteiger partial charge in [0.2, 0.25) is 5.91 Å². The van der Waals surface area contributed by atoms with Crippen molar-refractivity contribution in [3.05, 3.63) is 70.9 Å². The fourth-order valence-corrected chi connectivity index (χ4v) is 4.54. The Morgan fingerprint density at radius 2 is 1.81 bits per heavy atom. The molecule has 1 saturated carbocycles. The van der Waals surface area contributed by atoms with E-state index in [-0.39, 0.29) is 11.8 Å². The van der Waals surface area contributed by atoms with E-state index < -0.39 is 9.75 Å². The first kappa shape index (κ1) is 18.7. The minimum Gasteiger partial charge on any atom is -0.361 e. The van der Waals surface area contributed by atoms with Gasteiger partial charge in [-0.15, -0.1) is 23.2 Å². The van der Waals surface area contributed by atoms with Gasteiger partial charge in [0.05, 0.1) is 5.41 Å².